The van der Waals surface area contributed by atoms with E-state index in [1.54, 1.807) is 19.1 Å². The number of nitro benzene ring substituents is 1. The summed E-state index contributed by atoms with van der Waals surface area (Å²) in [5.41, 5.74) is 0.923. The average Bonchev–Trinajstić information content (AvgIpc) is 2.53. The van der Waals surface area contributed by atoms with Gasteiger partial charge in [0.15, 0.2) is 0 Å². The molecule has 0 aliphatic carbocycles. The van der Waals surface area contributed by atoms with E-state index in [0.717, 1.165) is 4.47 Å². The molecule has 9 heteroatoms. The maximum Gasteiger partial charge on any atom is 0.276 e. The number of sulfonamides is 1. The highest BCUT2D eigenvalue weighted by molar-refractivity contribution is 9.10. The molecule has 0 aliphatic rings. The van der Waals surface area contributed by atoms with Crippen molar-refractivity contribution in [3.63, 3.8) is 0 Å². The molecule has 2 rings (SSSR count). The predicted molar refractivity (Wildman–Crippen MR) is 89.8 cm³/mol. The highest BCUT2D eigenvalue weighted by Gasteiger charge is 2.13. The Hall–Kier alpha value is -2.26. The van der Waals surface area contributed by atoms with E-state index in [1.807, 2.05) is 0 Å². The van der Waals surface area contributed by atoms with Gasteiger partial charge in [0.25, 0.3) is 15.7 Å². The van der Waals surface area contributed by atoms with Crippen molar-refractivity contribution in [2.45, 2.75) is 11.8 Å². The molecule has 0 saturated carbocycles. The van der Waals surface area contributed by atoms with Crippen LogP contribution in [0.5, 0.6) is 0 Å². The molecule has 0 radical (unpaired) electrons. The van der Waals surface area contributed by atoms with E-state index in [-0.39, 0.29) is 10.6 Å². The molecule has 2 aromatic rings. The van der Waals surface area contributed by atoms with Crippen LogP contribution in [-0.4, -0.2) is 19.1 Å². The second kappa shape index (κ2) is 6.88. The number of halogens is 1. The molecule has 0 bridgehead atoms. The van der Waals surface area contributed by atoms with Gasteiger partial charge in [-0.2, -0.15) is 18.4 Å². The molecule has 0 unspecified atom stereocenters. The minimum Gasteiger partial charge on any atom is -0.258 e. The van der Waals surface area contributed by atoms with Gasteiger partial charge in [0.2, 0.25) is 0 Å². The Morgan fingerprint density at radius 2 is 1.70 bits per heavy atom. The highest BCUT2D eigenvalue weighted by Crippen LogP contribution is 2.15. The lowest BCUT2D eigenvalue weighted by atomic mass is 10.1. The van der Waals surface area contributed by atoms with Crippen LogP contribution in [0.2, 0.25) is 0 Å². The Balaban J connectivity index is 2.18. The summed E-state index contributed by atoms with van der Waals surface area (Å²) >= 11 is 3.23. The van der Waals surface area contributed by atoms with Gasteiger partial charge in [-0.1, -0.05) is 15.9 Å². The van der Waals surface area contributed by atoms with Crippen molar-refractivity contribution < 1.29 is 13.3 Å². The van der Waals surface area contributed by atoms with Gasteiger partial charge in [0.1, 0.15) is 0 Å². The highest BCUT2D eigenvalue weighted by atomic mass is 79.9. The van der Waals surface area contributed by atoms with Crippen LogP contribution in [0.1, 0.15) is 12.5 Å². The zero-order chi connectivity index (χ0) is 17.0. The second-order valence-electron chi connectivity index (χ2n) is 4.55. The van der Waals surface area contributed by atoms with E-state index >= 15 is 0 Å². The summed E-state index contributed by atoms with van der Waals surface area (Å²) in [5, 5.41) is 14.4. The number of hydrazone groups is 1. The number of rotatable bonds is 5. The van der Waals surface area contributed by atoms with Crippen LogP contribution in [0.15, 0.2) is 63.0 Å². The first kappa shape index (κ1) is 17.1. The molecule has 0 saturated heterocycles. The molecule has 0 heterocycles. The van der Waals surface area contributed by atoms with Gasteiger partial charge in [-0.3, -0.25) is 10.1 Å². The lowest BCUT2D eigenvalue weighted by molar-refractivity contribution is -0.384. The summed E-state index contributed by atoms with van der Waals surface area (Å²) in [6.07, 6.45) is 0. The Morgan fingerprint density at radius 3 is 2.22 bits per heavy atom. The fourth-order valence-electron chi connectivity index (χ4n) is 1.68. The fraction of sp³-hybridized carbons (Fsp3) is 0.0714. The minimum absolute atomic E-state index is 0.0445. The third kappa shape index (κ3) is 4.36. The maximum absolute atomic E-state index is 12.1. The van der Waals surface area contributed by atoms with Crippen LogP contribution in [0.25, 0.3) is 0 Å². The SMILES string of the molecule is C/C(=N/NS(=O)(=O)c1ccc(Br)cc1)c1ccc([N+](=O)[O-])cc1. The first-order valence-corrected chi connectivity index (χ1v) is 8.64. The molecule has 1 N–H and O–H groups in total. The van der Waals surface area contributed by atoms with E-state index in [9.17, 15) is 18.5 Å². The molecule has 0 fully saturated rings. The molecule has 7 nitrogen and oxygen atoms in total. The van der Waals surface area contributed by atoms with Gasteiger partial charge in [-0.15, -0.1) is 0 Å². The summed E-state index contributed by atoms with van der Waals surface area (Å²) < 4.78 is 25.0. The van der Waals surface area contributed by atoms with Crippen molar-refractivity contribution in [1.82, 2.24) is 4.83 Å². The van der Waals surface area contributed by atoms with E-state index in [2.05, 4.69) is 25.9 Å². The smallest absolute Gasteiger partial charge is 0.258 e. The Morgan fingerprint density at radius 1 is 1.13 bits per heavy atom. The number of hydrogen-bond donors (Lipinski definition) is 1. The number of nitro groups is 1. The third-order valence-corrected chi connectivity index (χ3v) is 4.71. The Labute approximate surface area is 141 Å². The molecular formula is C14H12BrN3O4S. The van der Waals surface area contributed by atoms with Crippen molar-refractivity contribution in [3.8, 4) is 0 Å². The molecule has 120 valence electrons. The average molecular weight is 398 g/mol. The normalized spacial score (nSPS) is 12.0. The lowest BCUT2D eigenvalue weighted by Gasteiger charge is -2.05. The van der Waals surface area contributed by atoms with Gasteiger partial charge in [-0.25, -0.2) is 0 Å². The molecule has 0 aromatic heterocycles. The summed E-state index contributed by atoms with van der Waals surface area (Å²) in [6, 6.07) is 11.8. The molecular weight excluding hydrogens is 386 g/mol. The van der Waals surface area contributed by atoms with Gasteiger partial charge < -0.3 is 0 Å². The number of nitrogens with one attached hydrogen (secondary N) is 1. The van der Waals surface area contributed by atoms with Crippen molar-refractivity contribution in [2.24, 2.45) is 5.10 Å². The van der Waals surface area contributed by atoms with Gasteiger partial charge >= 0.3 is 0 Å². The van der Waals surface area contributed by atoms with Gasteiger partial charge in [0.05, 0.1) is 15.5 Å². The van der Waals surface area contributed by atoms with Crippen LogP contribution >= 0.6 is 15.9 Å². The standard InChI is InChI=1S/C14H12BrN3O4S/c1-10(11-2-6-13(7-3-11)18(19)20)16-17-23(21,22)14-8-4-12(15)5-9-14/h2-9,17H,1H3/b16-10-. The van der Waals surface area contributed by atoms with Crippen LogP contribution in [0, 0.1) is 10.1 Å². The first-order chi connectivity index (χ1) is 10.8. The van der Waals surface area contributed by atoms with Crippen molar-refractivity contribution in [1.29, 1.82) is 0 Å². The topological polar surface area (TPSA) is 102 Å². The van der Waals surface area contributed by atoms with Crippen LogP contribution in [0.4, 0.5) is 5.69 Å². The molecule has 0 atom stereocenters. The Kier molecular flexibility index (Phi) is 5.12. The fourth-order valence-corrected chi connectivity index (χ4v) is 2.81. The maximum atomic E-state index is 12.1. The zero-order valence-electron chi connectivity index (χ0n) is 11.9. The lowest BCUT2D eigenvalue weighted by Crippen LogP contribution is -2.19. The van der Waals surface area contributed by atoms with Crippen molar-refractivity contribution in [2.75, 3.05) is 0 Å². The van der Waals surface area contributed by atoms with Crippen LogP contribution in [0.3, 0.4) is 0 Å². The van der Waals surface area contributed by atoms with Crippen molar-refractivity contribution in [3.05, 3.63) is 68.7 Å². The predicted octanol–water partition coefficient (Wildman–Crippen LogP) is 3.06. The minimum atomic E-state index is -3.77. The molecule has 0 spiro atoms. The number of hydrogen-bond acceptors (Lipinski definition) is 5. The third-order valence-electron chi connectivity index (χ3n) is 2.95. The van der Waals surface area contributed by atoms with E-state index in [0.29, 0.717) is 11.3 Å². The van der Waals surface area contributed by atoms with Crippen LogP contribution < -0.4 is 4.83 Å². The summed E-state index contributed by atoms with van der Waals surface area (Å²) in [4.78, 5) is 12.3. The molecule has 0 amide bonds. The molecule has 2 aromatic carbocycles. The molecule has 23 heavy (non-hydrogen) atoms. The summed E-state index contributed by atoms with van der Waals surface area (Å²) in [5.74, 6) is 0. The number of non-ortho nitro benzene ring substituents is 1. The van der Waals surface area contributed by atoms with E-state index < -0.39 is 14.9 Å². The summed E-state index contributed by atoms with van der Waals surface area (Å²) in [7, 11) is -3.77. The Bertz CT molecular complexity index is 847. The quantitative estimate of drug-likeness (QED) is 0.475. The van der Waals surface area contributed by atoms with Crippen molar-refractivity contribution >= 4 is 37.4 Å². The van der Waals surface area contributed by atoms with Crippen LogP contribution in [-0.2, 0) is 10.0 Å². The van der Waals surface area contributed by atoms with Gasteiger partial charge in [0, 0.05) is 16.6 Å². The van der Waals surface area contributed by atoms with E-state index in [4.69, 9.17) is 0 Å². The second-order valence-corrected chi connectivity index (χ2v) is 7.13. The summed E-state index contributed by atoms with van der Waals surface area (Å²) in [6.45, 7) is 1.60. The number of nitrogens with zero attached hydrogens (tertiary/aromatic N) is 2. The van der Waals surface area contributed by atoms with E-state index in [1.165, 1.54) is 36.4 Å². The number of benzene rings is 2. The first-order valence-electron chi connectivity index (χ1n) is 6.36. The monoisotopic (exact) mass is 397 g/mol. The molecule has 0 aliphatic heterocycles. The van der Waals surface area contributed by atoms with Gasteiger partial charge in [-0.05, 0) is 48.9 Å². The largest absolute Gasteiger partial charge is 0.276 e. The zero-order valence-corrected chi connectivity index (χ0v) is 14.3.